The molecule has 0 unspecified atom stereocenters. The van der Waals surface area contributed by atoms with E-state index in [4.69, 9.17) is 5.26 Å². The lowest BCUT2D eigenvalue weighted by Crippen LogP contribution is -2.00. The van der Waals surface area contributed by atoms with Gasteiger partial charge >= 0.3 is 0 Å². The maximum Gasteiger partial charge on any atom is 0.128 e. The van der Waals surface area contributed by atoms with Gasteiger partial charge in [-0.3, -0.25) is 4.57 Å². The fourth-order valence-electron chi connectivity index (χ4n) is 2.13. The van der Waals surface area contributed by atoms with E-state index < -0.39 is 0 Å². The molecule has 0 amide bonds. The number of nitrogens with zero attached hydrogens (tertiary/aromatic N) is 3. The van der Waals surface area contributed by atoms with Gasteiger partial charge in [0.05, 0.1) is 23.5 Å². The Kier molecular flexibility index (Phi) is 2.54. The molecule has 86 valence electrons. The van der Waals surface area contributed by atoms with Crippen molar-refractivity contribution in [3.05, 3.63) is 60.4 Å². The summed E-state index contributed by atoms with van der Waals surface area (Å²) in [6.07, 6.45) is 0.309. The van der Waals surface area contributed by atoms with Crippen LogP contribution < -0.4 is 0 Å². The van der Waals surface area contributed by atoms with Crippen LogP contribution in [0.25, 0.3) is 16.7 Å². The number of imidazole rings is 1. The van der Waals surface area contributed by atoms with Gasteiger partial charge in [0, 0.05) is 5.69 Å². The Bertz CT molecular complexity index is 720. The highest BCUT2D eigenvalue weighted by Gasteiger charge is 2.10. The first-order chi connectivity index (χ1) is 8.90. The molecule has 1 aromatic heterocycles. The maximum absolute atomic E-state index is 8.91. The van der Waals surface area contributed by atoms with Gasteiger partial charge in [0.15, 0.2) is 0 Å². The van der Waals surface area contributed by atoms with Gasteiger partial charge in [0.1, 0.15) is 5.82 Å². The molecule has 1 heterocycles. The van der Waals surface area contributed by atoms with Gasteiger partial charge in [0.25, 0.3) is 0 Å². The molecule has 0 atom stereocenters. The third kappa shape index (κ3) is 1.64. The van der Waals surface area contributed by atoms with E-state index in [1.54, 1.807) is 0 Å². The Labute approximate surface area is 105 Å². The second kappa shape index (κ2) is 4.34. The molecule has 0 bridgehead atoms. The minimum absolute atomic E-state index is 0.309. The van der Waals surface area contributed by atoms with E-state index in [-0.39, 0.29) is 0 Å². The average Bonchev–Trinajstić information content (AvgIpc) is 2.78. The van der Waals surface area contributed by atoms with Crippen molar-refractivity contribution in [2.45, 2.75) is 6.42 Å². The number of benzene rings is 2. The van der Waals surface area contributed by atoms with Gasteiger partial charge in [-0.05, 0) is 24.3 Å². The summed E-state index contributed by atoms with van der Waals surface area (Å²) in [5, 5.41) is 8.91. The maximum atomic E-state index is 8.91. The summed E-state index contributed by atoms with van der Waals surface area (Å²) < 4.78 is 2.04. The Morgan fingerprint density at radius 3 is 2.50 bits per heavy atom. The number of rotatable bonds is 2. The Balaban J connectivity index is 2.32. The van der Waals surface area contributed by atoms with E-state index in [1.165, 1.54) is 0 Å². The van der Waals surface area contributed by atoms with E-state index in [0.29, 0.717) is 6.42 Å². The number of nitriles is 1. The lowest BCUT2D eigenvalue weighted by Gasteiger charge is -2.06. The van der Waals surface area contributed by atoms with Crippen LogP contribution in [-0.2, 0) is 6.42 Å². The molecule has 3 heteroatoms. The summed E-state index contributed by atoms with van der Waals surface area (Å²) in [4.78, 5) is 4.52. The number of aromatic nitrogens is 2. The summed E-state index contributed by atoms with van der Waals surface area (Å²) in [5.74, 6) is 0.782. The topological polar surface area (TPSA) is 41.6 Å². The molecule has 18 heavy (non-hydrogen) atoms. The molecule has 3 aromatic rings. The summed E-state index contributed by atoms with van der Waals surface area (Å²) >= 11 is 0. The van der Waals surface area contributed by atoms with Crippen LogP contribution in [0.1, 0.15) is 5.82 Å². The van der Waals surface area contributed by atoms with Crippen molar-refractivity contribution in [2.24, 2.45) is 0 Å². The normalized spacial score (nSPS) is 10.4. The molecule has 0 aliphatic rings. The summed E-state index contributed by atoms with van der Waals surface area (Å²) in [6.45, 7) is 0. The second-order valence-electron chi connectivity index (χ2n) is 4.02. The van der Waals surface area contributed by atoms with E-state index in [9.17, 15) is 0 Å². The van der Waals surface area contributed by atoms with Gasteiger partial charge in [-0.25, -0.2) is 4.98 Å². The number of fused-ring (bicyclic) bond motifs is 1. The van der Waals surface area contributed by atoms with E-state index in [0.717, 1.165) is 22.5 Å². The predicted molar refractivity (Wildman–Crippen MR) is 70.4 cm³/mol. The Hall–Kier alpha value is -2.60. The van der Waals surface area contributed by atoms with Gasteiger partial charge in [-0.15, -0.1) is 0 Å². The molecule has 0 aliphatic carbocycles. The lowest BCUT2D eigenvalue weighted by atomic mass is 10.2. The zero-order chi connectivity index (χ0) is 12.4. The van der Waals surface area contributed by atoms with Gasteiger partial charge in [0.2, 0.25) is 0 Å². The SMILES string of the molecule is N#CCc1nc2ccccc2n1-c1ccccc1. The fraction of sp³-hybridized carbons (Fsp3) is 0.0667. The monoisotopic (exact) mass is 233 g/mol. The number of hydrogen-bond donors (Lipinski definition) is 0. The van der Waals surface area contributed by atoms with Crippen LogP contribution in [-0.4, -0.2) is 9.55 Å². The van der Waals surface area contributed by atoms with Crippen molar-refractivity contribution < 1.29 is 0 Å². The largest absolute Gasteiger partial charge is 0.295 e. The summed E-state index contributed by atoms with van der Waals surface area (Å²) in [5.41, 5.74) is 3.00. The zero-order valence-electron chi connectivity index (χ0n) is 9.74. The van der Waals surface area contributed by atoms with Gasteiger partial charge in [-0.1, -0.05) is 30.3 Å². The highest BCUT2D eigenvalue weighted by molar-refractivity contribution is 5.78. The van der Waals surface area contributed by atoms with Crippen LogP contribution in [0.2, 0.25) is 0 Å². The molecular formula is C15H11N3. The first-order valence-corrected chi connectivity index (χ1v) is 5.79. The first-order valence-electron chi connectivity index (χ1n) is 5.79. The molecule has 0 saturated heterocycles. The molecule has 0 radical (unpaired) electrons. The van der Waals surface area contributed by atoms with Crippen LogP contribution in [0.5, 0.6) is 0 Å². The summed E-state index contributed by atoms with van der Waals surface area (Å²) in [7, 11) is 0. The minimum Gasteiger partial charge on any atom is -0.295 e. The van der Waals surface area contributed by atoms with Crippen LogP contribution in [0.4, 0.5) is 0 Å². The van der Waals surface area contributed by atoms with Crippen molar-refractivity contribution in [3.63, 3.8) is 0 Å². The Morgan fingerprint density at radius 2 is 1.72 bits per heavy atom. The highest BCUT2D eigenvalue weighted by Crippen LogP contribution is 2.21. The van der Waals surface area contributed by atoms with E-state index in [1.807, 2.05) is 59.2 Å². The third-order valence-corrected chi connectivity index (χ3v) is 2.88. The quantitative estimate of drug-likeness (QED) is 0.682. The number of hydrogen-bond acceptors (Lipinski definition) is 2. The van der Waals surface area contributed by atoms with E-state index in [2.05, 4.69) is 11.1 Å². The van der Waals surface area contributed by atoms with Crippen molar-refractivity contribution in [1.82, 2.24) is 9.55 Å². The third-order valence-electron chi connectivity index (χ3n) is 2.88. The smallest absolute Gasteiger partial charge is 0.128 e. The van der Waals surface area contributed by atoms with Crippen molar-refractivity contribution in [3.8, 4) is 11.8 Å². The van der Waals surface area contributed by atoms with E-state index >= 15 is 0 Å². The molecule has 0 fully saturated rings. The predicted octanol–water partition coefficient (Wildman–Crippen LogP) is 3.09. The fourth-order valence-corrected chi connectivity index (χ4v) is 2.13. The molecule has 3 nitrogen and oxygen atoms in total. The van der Waals surface area contributed by atoms with Gasteiger partial charge < -0.3 is 0 Å². The van der Waals surface area contributed by atoms with Crippen molar-refractivity contribution >= 4 is 11.0 Å². The van der Waals surface area contributed by atoms with Crippen LogP contribution in [0.15, 0.2) is 54.6 Å². The van der Waals surface area contributed by atoms with Crippen LogP contribution in [0.3, 0.4) is 0 Å². The van der Waals surface area contributed by atoms with Gasteiger partial charge in [-0.2, -0.15) is 5.26 Å². The van der Waals surface area contributed by atoms with Crippen LogP contribution >= 0.6 is 0 Å². The molecular weight excluding hydrogens is 222 g/mol. The molecule has 0 spiro atoms. The standard InChI is InChI=1S/C15H11N3/c16-11-10-15-17-13-8-4-5-9-14(13)18(15)12-6-2-1-3-7-12/h1-9H,10H2. The van der Waals surface area contributed by atoms with Crippen LogP contribution in [0, 0.1) is 11.3 Å². The minimum atomic E-state index is 0.309. The van der Waals surface area contributed by atoms with Crippen molar-refractivity contribution in [1.29, 1.82) is 5.26 Å². The lowest BCUT2D eigenvalue weighted by molar-refractivity contribution is 0.954. The second-order valence-corrected chi connectivity index (χ2v) is 4.02. The average molecular weight is 233 g/mol. The first kappa shape index (κ1) is 10.5. The Morgan fingerprint density at radius 1 is 1.00 bits per heavy atom. The molecule has 0 aliphatic heterocycles. The molecule has 0 saturated carbocycles. The molecule has 3 rings (SSSR count). The molecule has 0 N–H and O–H groups in total. The molecule has 2 aromatic carbocycles. The zero-order valence-corrected chi connectivity index (χ0v) is 9.74. The van der Waals surface area contributed by atoms with Crippen molar-refractivity contribution in [2.75, 3.05) is 0 Å². The summed E-state index contributed by atoms with van der Waals surface area (Å²) in [6, 6.07) is 20.1. The highest BCUT2D eigenvalue weighted by atomic mass is 15.1. The number of para-hydroxylation sites is 3.